The highest BCUT2D eigenvalue weighted by Crippen LogP contribution is 2.40. The summed E-state index contributed by atoms with van der Waals surface area (Å²) < 4.78 is 16.0. The summed E-state index contributed by atoms with van der Waals surface area (Å²) >= 11 is 0. The Hall–Kier alpha value is -0.278. The maximum Gasteiger partial charge on any atom is 0.455 e. The first kappa shape index (κ1) is 18.7. The van der Waals surface area contributed by atoms with Crippen molar-refractivity contribution < 1.29 is 14.0 Å². The van der Waals surface area contributed by atoms with E-state index < -0.39 is 14.8 Å². The van der Waals surface area contributed by atoms with Crippen molar-refractivity contribution in [3.63, 3.8) is 0 Å². The van der Waals surface area contributed by atoms with Gasteiger partial charge in [-0.3, -0.25) is 0 Å². The van der Waals surface area contributed by atoms with Crippen LogP contribution < -0.4 is 0 Å². The fourth-order valence-electron chi connectivity index (χ4n) is 3.11. The molecule has 0 unspecified atom stereocenters. The van der Waals surface area contributed by atoms with Gasteiger partial charge in [-0.2, -0.15) is 5.54 Å². The fourth-order valence-corrected chi connectivity index (χ4v) is 8.40. The highest BCUT2D eigenvalue weighted by atomic mass is 28.3. The van der Waals surface area contributed by atoms with Crippen molar-refractivity contribution in [2.45, 2.75) is 58.2 Å². The first-order chi connectivity index (χ1) is 8.72. The normalized spacial score (nSPS) is 13.1. The van der Waals surface area contributed by atoms with E-state index in [0.29, 0.717) is 16.6 Å². The van der Waals surface area contributed by atoms with Gasteiger partial charge in [0, 0.05) is 0 Å². The lowest BCUT2D eigenvalue weighted by Crippen LogP contribution is -2.46. The lowest BCUT2D eigenvalue weighted by atomic mass is 9.80. The van der Waals surface area contributed by atoms with Gasteiger partial charge >= 0.3 is 6.75 Å². The van der Waals surface area contributed by atoms with Crippen LogP contribution in [0.25, 0.3) is 0 Å². The zero-order chi connectivity index (χ0) is 15.3. The Bertz CT molecular complexity index is 297. The second kappa shape index (κ2) is 7.49. The van der Waals surface area contributed by atoms with Gasteiger partial charge in [0.1, 0.15) is 8.07 Å². The van der Waals surface area contributed by atoms with Crippen LogP contribution in [0, 0.1) is 11.4 Å². The van der Waals surface area contributed by atoms with Gasteiger partial charge in [-0.15, -0.1) is 0 Å². The third-order valence-corrected chi connectivity index (χ3v) is 10.6. The minimum absolute atomic E-state index is 0.582. The van der Waals surface area contributed by atoms with Crippen LogP contribution >= 0.6 is 0 Å². The van der Waals surface area contributed by atoms with Crippen LogP contribution in [0.4, 0.5) is 0 Å². The van der Waals surface area contributed by atoms with Crippen molar-refractivity contribution in [3.05, 3.63) is 0 Å². The first-order valence-corrected chi connectivity index (χ1v) is 9.28. The van der Waals surface area contributed by atoms with Crippen molar-refractivity contribution in [3.8, 4) is 11.4 Å². The summed E-state index contributed by atoms with van der Waals surface area (Å²) in [6.07, 6.45) is 0. The van der Waals surface area contributed by atoms with Crippen molar-refractivity contribution >= 4 is 14.8 Å². The van der Waals surface area contributed by atoms with Gasteiger partial charge in [0.05, 0.1) is 0 Å². The Morgan fingerprint density at radius 3 is 1.26 bits per heavy atom. The Morgan fingerprint density at radius 2 is 1.05 bits per heavy atom. The van der Waals surface area contributed by atoms with E-state index in [2.05, 4.69) is 52.9 Å². The minimum atomic E-state index is -1.94. The molecule has 0 aliphatic carbocycles. The third kappa shape index (κ3) is 3.85. The summed E-state index contributed by atoms with van der Waals surface area (Å²) in [6.45, 7) is 11.7. The molecule has 0 rings (SSSR count). The summed E-state index contributed by atoms with van der Waals surface area (Å²) in [5, 5.41) is 0. The molecule has 112 valence electrons. The molecule has 0 amide bonds. The zero-order valence-electron chi connectivity index (χ0n) is 14.0. The molecule has 3 nitrogen and oxygen atoms in total. The Balaban J connectivity index is 5.71. The van der Waals surface area contributed by atoms with Crippen molar-refractivity contribution in [1.82, 2.24) is 0 Å². The summed E-state index contributed by atoms with van der Waals surface area (Å²) in [5.41, 5.74) is 5.31. The average Bonchev–Trinajstić information content (AvgIpc) is 2.34. The monoisotopic (exact) mass is 285 g/mol. The molecule has 19 heavy (non-hydrogen) atoms. The molecule has 0 N–H and O–H groups in total. The van der Waals surface area contributed by atoms with Crippen LogP contribution in [0.15, 0.2) is 0 Å². The molecular formula is C14H30BO3Si-. The van der Waals surface area contributed by atoms with Crippen molar-refractivity contribution in [1.29, 1.82) is 0 Å². The summed E-state index contributed by atoms with van der Waals surface area (Å²) in [6, 6.07) is 0. The summed E-state index contributed by atoms with van der Waals surface area (Å²) in [5.74, 6) is 3.17. The van der Waals surface area contributed by atoms with Crippen LogP contribution in [0.3, 0.4) is 0 Å². The van der Waals surface area contributed by atoms with Gasteiger partial charge in [-0.1, -0.05) is 41.5 Å². The molecule has 0 radical (unpaired) electrons. The van der Waals surface area contributed by atoms with Crippen molar-refractivity contribution in [2.24, 2.45) is 0 Å². The third-order valence-electron chi connectivity index (χ3n) is 4.26. The standard InChI is InChI=1S/C14H30BO3Si/c1-12(2)19(13(3)4,14(5)6)11-10-15(16-7,17-8)18-9/h12-14H,1-9H3/q-1. The van der Waals surface area contributed by atoms with Gasteiger partial charge in [0.25, 0.3) is 0 Å². The molecule has 0 saturated carbocycles. The quantitative estimate of drug-likeness (QED) is 0.551. The molecule has 0 fully saturated rings. The SMILES string of the molecule is CO[B-](C#C[Si](C(C)C)(C(C)C)C(C)C)(OC)OC. The number of rotatable bonds is 6. The lowest BCUT2D eigenvalue weighted by Gasteiger charge is -2.40. The zero-order valence-corrected chi connectivity index (χ0v) is 15.0. The molecule has 0 aromatic carbocycles. The fraction of sp³-hybridized carbons (Fsp3) is 0.857. The molecule has 0 aliphatic rings. The average molecular weight is 285 g/mol. The molecule has 0 aromatic rings. The molecule has 0 heterocycles. The molecule has 5 heteroatoms. The van der Waals surface area contributed by atoms with Gasteiger partial charge < -0.3 is 14.0 Å². The summed E-state index contributed by atoms with van der Waals surface area (Å²) in [7, 11) is 2.95. The van der Waals surface area contributed by atoms with Crippen LogP contribution in [0.2, 0.25) is 16.6 Å². The maximum absolute atomic E-state index is 5.34. The Labute approximate surface area is 120 Å². The Morgan fingerprint density at radius 1 is 0.737 bits per heavy atom. The van der Waals surface area contributed by atoms with E-state index in [1.54, 1.807) is 21.3 Å². The lowest BCUT2D eigenvalue weighted by molar-refractivity contribution is 0.141. The van der Waals surface area contributed by atoms with Crippen molar-refractivity contribution in [2.75, 3.05) is 21.3 Å². The van der Waals surface area contributed by atoms with Crippen LogP contribution in [-0.2, 0) is 14.0 Å². The van der Waals surface area contributed by atoms with Gasteiger partial charge in [0.15, 0.2) is 0 Å². The van der Waals surface area contributed by atoms with E-state index in [4.69, 9.17) is 14.0 Å². The van der Waals surface area contributed by atoms with Gasteiger partial charge in [0.2, 0.25) is 0 Å². The highest BCUT2D eigenvalue weighted by molar-refractivity contribution is 6.91. The van der Waals surface area contributed by atoms with E-state index >= 15 is 0 Å². The molecule has 0 saturated heterocycles. The van der Waals surface area contributed by atoms with E-state index in [1.165, 1.54) is 0 Å². The van der Waals surface area contributed by atoms with Gasteiger partial charge in [-0.25, -0.2) is 5.82 Å². The van der Waals surface area contributed by atoms with Crippen LogP contribution in [0.1, 0.15) is 41.5 Å². The van der Waals surface area contributed by atoms with E-state index in [-0.39, 0.29) is 0 Å². The first-order valence-electron chi connectivity index (χ1n) is 7.05. The predicted molar refractivity (Wildman–Crippen MR) is 85.6 cm³/mol. The second-order valence-corrected chi connectivity index (χ2v) is 11.6. The minimum Gasteiger partial charge on any atom is -0.536 e. The number of hydrogen-bond acceptors (Lipinski definition) is 3. The molecular weight excluding hydrogens is 255 g/mol. The van der Waals surface area contributed by atoms with Gasteiger partial charge in [-0.05, 0) is 38.0 Å². The maximum atomic E-state index is 5.34. The van der Waals surface area contributed by atoms with E-state index in [0.717, 1.165) is 0 Å². The number of hydrogen-bond donors (Lipinski definition) is 0. The molecule has 0 aliphatic heterocycles. The van der Waals surface area contributed by atoms with E-state index in [9.17, 15) is 0 Å². The molecule has 0 bridgehead atoms. The highest BCUT2D eigenvalue weighted by Gasteiger charge is 2.41. The Kier molecular flexibility index (Phi) is 7.38. The molecule has 0 atom stereocenters. The topological polar surface area (TPSA) is 27.7 Å². The van der Waals surface area contributed by atoms with Crippen LogP contribution in [0.5, 0.6) is 0 Å². The molecule has 0 spiro atoms. The summed E-state index contributed by atoms with van der Waals surface area (Å²) in [4.78, 5) is 0. The van der Waals surface area contributed by atoms with Crippen LogP contribution in [-0.4, -0.2) is 36.2 Å². The molecule has 0 aromatic heterocycles. The largest absolute Gasteiger partial charge is 0.536 e. The predicted octanol–water partition coefficient (Wildman–Crippen LogP) is 3.63. The van der Waals surface area contributed by atoms with E-state index in [1.807, 2.05) is 0 Å². The smallest absolute Gasteiger partial charge is 0.455 e. The second-order valence-electron chi connectivity index (χ2n) is 6.02.